The van der Waals surface area contributed by atoms with Crippen molar-refractivity contribution in [3.63, 3.8) is 0 Å². The number of piperidine rings is 1. The molecule has 2 aromatic carbocycles. The Labute approximate surface area is 229 Å². The summed E-state index contributed by atoms with van der Waals surface area (Å²) in [6.45, 7) is 1.93. The Morgan fingerprint density at radius 1 is 1.03 bits per heavy atom. The third-order valence-corrected chi connectivity index (χ3v) is 7.27. The molecule has 196 valence electrons. The highest BCUT2D eigenvalue weighted by Crippen LogP contribution is 2.31. The van der Waals surface area contributed by atoms with Gasteiger partial charge in [-0.15, -0.1) is 0 Å². The van der Waals surface area contributed by atoms with Crippen molar-refractivity contribution in [1.29, 1.82) is 0 Å². The van der Waals surface area contributed by atoms with Crippen LogP contribution in [0.15, 0.2) is 88.5 Å². The summed E-state index contributed by atoms with van der Waals surface area (Å²) in [5.41, 5.74) is 2.09. The normalized spacial score (nSPS) is 14.3. The molecule has 1 atom stereocenters. The number of rotatable bonds is 6. The van der Waals surface area contributed by atoms with Crippen LogP contribution < -0.4 is 15.6 Å². The van der Waals surface area contributed by atoms with Gasteiger partial charge in [-0.3, -0.25) is 9.59 Å². The standard InChI is InChI=1S/C30H26ClN5O3/c31-21-10-11-22-23(17-21)34-27(30-32-13-16-39-30)25(28(22)37)26(19-7-3-1-4-8-19)35-29(38)20-9-12-24(33-18-20)36-14-5-2-6-15-36/h1,3-4,7-13,16-18,26H,2,5-6,14-15H2,(H,34,37)(H,35,38). The molecule has 9 heteroatoms. The highest BCUT2D eigenvalue weighted by atomic mass is 35.5. The molecule has 1 amide bonds. The van der Waals surface area contributed by atoms with E-state index in [9.17, 15) is 9.59 Å². The van der Waals surface area contributed by atoms with E-state index in [1.807, 2.05) is 36.4 Å². The van der Waals surface area contributed by atoms with Gasteiger partial charge in [0.1, 0.15) is 17.8 Å². The predicted octanol–water partition coefficient (Wildman–Crippen LogP) is 5.74. The molecule has 0 bridgehead atoms. The van der Waals surface area contributed by atoms with Crippen LogP contribution in [-0.4, -0.2) is 33.9 Å². The topological polar surface area (TPSA) is 104 Å². The second kappa shape index (κ2) is 10.7. The lowest BCUT2D eigenvalue weighted by molar-refractivity contribution is 0.0942. The summed E-state index contributed by atoms with van der Waals surface area (Å²) in [6.07, 6.45) is 8.04. The van der Waals surface area contributed by atoms with Crippen LogP contribution in [0, 0.1) is 0 Å². The lowest BCUT2D eigenvalue weighted by atomic mass is 9.94. The van der Waals surface area contributed by atoms with Crippen molar-refractivity contribution in [2.75, 3.05) is 18.0 Å². The van der Waals surface area contributed by atoms with E-state index >= 15 is 0 Å². The Hall–Kier alpha value is -4.43. The largest absolute Gasteiger partial charge is 0.443 e. The van der Waals surface area contributed by atoms with Crippen molar-refractivity contribution >= 4 is 34.2 Å². The van der Waals surface area contributed by atoms with Crippen LogP contribution in [0.4, 0.5) is 5.82 Å². The molecule has 3 aromatic heterocycles. The first-order chi connectivity index (χ1) is 19.1. The number of hydrogen-bond acceptors (Lipinski definition) is 6. The zero-order chi connectivity index (χ0) is 26.8. The number of aromatic amines is 1. The average Bonchev–Trinajstić information content (AvgIpc) is 3.52. The van der Waals surface area contributed by atoms with Gasteiger partial charge >= 0.3 is 0 Å². The zero-order valence-corrected chi connectivity index (χ0v) is 21.8. The van der Waals surface area contributed by atoms with Crippen molar-refractivity contribution in [1.82, 2.24) is 20.3 Å². The molecule has 4 heterocycles. The number of pyridine rings is 2. The Balaban J connectivity index is 1.43. The number of amides is 1. The van der Waals surface area contributed by atoms with Gasteiger partial charge in [-0.1, -0.05) is 41.9 Å². The number of nitrogens with one attached hydrogen (secondary N) is 2. The Bertz CT molecular complexity index is 1660. The molecule has 0 spiro atoms. The number of anilines is 1. The second-order valence-corrected chi connectivity index (χ2v) is 9.98. The summed E-state index contributed by atoms with van der Waals surface area (Å²) in [7, 11) is 0. The molecule has 1 unspecified atom stereocenters. The number of nitrogens with zero attached hydrogens (tertiary/aromatic N) is 3. The Morgan fingerprint density at radius 3 is 2.56 bits per heavy atom. The molecular formula is C30H26ClN5O3. The van der Waals surface area contributed by atoms with Gasteiger partial charge < -0.3 is 19.6 Å². The lowest BCUT2D eigenvalue weighted by Crippen LogP contribution is -2.34. The molecule has 0 saturated carbocycles. The van der Waals surface area contributed by atoms with Crippen LogP contribution in [0.5, 0.6) is 0 Å². The van der Waals surface area contributed by atoms with E-state index in [1.165, 1.54) is 18.9 Å². The molecule has 2 N–H and O–H groups in total. The monoisotopic (exact) mass is 539 g/mol. The third-order valence-electron chi connectivity index (χ3n) is 7.03. The SMILES string of the molecule is O=C(NC(c1ccccc1)c1c(-c2ncco2)[nH]c2cc(Cl)ccc2c1=O)c1ccc(N2CCCCC2)nc1. The van der Waals surface area contributed by atoms with Crippen LogP contribution in [-0.2, 0) is 0 Å². The molecule has 0 radical (unpaired) electrons. The summed E-state index contributed by atoms with van der Waals surface area (Å²) >= 11 is 6.22. The van der Waals surface area contributed by atoms with Crippen LogP contribution >= 0.6 is 11.6 Å². The van der Waals surface area contributed by atoms with Gasteiger partial charge in [-0.2, -0.15) is 0 Å². The smallest absolute Gasteiger partial charge is 0.253 e. The summed E-state index contributed by atoms with van der Waals surface area (Å²) in [6, 6.07) is 17.2. The highest BCUT2D eigenvalue weighted by molar-refractivity contribution is 6.31. The number of fused-ring (bicyclic) bond motifs is 1. The third kappa shape index (κ3) is 5.03. The molecule has 6 rings (SSSR count). The van der Waals surface area contributed by atoms with Crippen LogP contribution in [0.3, 0.4) is 0 Å². The van der Waals surface area contributed by atoms with Gasteiger partial charge in [0, 0.05) is 29.7 Å². The van der Waals surface area contributed by atoms with E-state index in [0.717, 1.165) is 37.3 Å². The van der Waals surface area contributed by atoms with Crippen LogP contribution in [0.1, 0.15) is 46.8 Å². The maximum Gasteiger partial charge on any atom is 0.253 e. The number of H-pyrrole nitrogens is 1. The summed E-state index contributed by atoms with van der Waals surface area (Å²) in [5.74, 6) is 0.740. The van der Waals surface area contributed by atoms with Gasteiger partial charge in [-0.25, -0.2) is 9.97 Å². The first-order valence-electron chi connectivity index (χ1n) is 12.9. The number of benzene rings is 2. The van der Waals surface area contributed by atoms with E-state index in [2.05, 4.69) is 25.2 Å². The van der Waals surface area contributed by atoms with Gasteiger partial charge in [0.05, 0.1) is 28.9 Å². The maximum atomic E-state index is 14.0. The van der Waals surface area contributed by atoms with Gasteiger partial charge in [-0.05, 0) is 55.2 Å². The van der Waals surface area contributed by atoms with E-state index < -0.39 is 6.04 Å². The van der Waals surface area contributed by atoms with Crippen molar-refractivity contribution < 1.29 is 9.21 Å². The number of oxazole rings is 1. The molecule has 39 heavy (non-hydrogen) atoms. The van der Waals surface area contributed by atoms with Crippen molar-refractivity contribution in [3.8, 4) is 11.6 Å². The van der Waals surface area contributed by atoms with Crippen molar-refractivity contribution in [2.24, 2.45) is 0 Å². The van der Waals surface area contributed by atoms with Crippen molar-refractivity contribution in [3.05, 3.63) is 111 Å². The number of hydrogen-bond donors (Lipinski definition) is 2. The minimum Gasteiger partial charge on any atom is -0.443 e. The molecule has 8 nitrogen and oxygen atoms in total. The number of carbonyl (C=O) groups excluding carboxylic acids is 1. The van der Waals surface area contributed by atoms with E-state index in [-0.39, 0.29) is 17.2 Å². The highest BCUT2D eigenvalue weighted by Gasteiger charge is 2.28. The Kier molecular flexibility index (Phi) is 6.85. The minimum absolute atomic E-state index is 0.228. The summed E-state index contributed by atoms with van der Waals surface area (Å²) in [5, 5.41) is 4.00. The van der Waals surface area contributed by atoms with E-state index in [4.69, 9.17) is 16.0 Å². The van der Waals surface area contributed by atoms with Gasteiger partial charge in [0.25, 0.3) is 5.91 Å². The quantitative estimate of drug-likeness (QED) is 0.285. The molecule has 1 aliphatic rings. The van der Waals surface area contributed by atoms with Crippen molar-refractivity contribution in [2.45, 2.75) is 25.3 Å². The van der Waals surface area contributed by atoms with Gasteiger partial charge in [0.2, 0.25) is 5.89 Å². The zero-order valence-electron chi connectivity index (χ0n) is 21.1. The summed E-state index contributed by atoms with van der Waals surface area (Å²) < 4.78 is 5.60. The fourth-order valence-electron chi connectivity index (χ4n) is 5.08. The molecule has 1 saturated heterocycles. The van der Waals surface area contributed by atoms with Gasteiger partial charge in [0.15, 0.2) is 5.43 Å². The molecular weight excluding hydrogens is 514 g/mol. The number of aromatic nitrogens is 3. The number of carbonyl (C=O) groups is 1. The second-order valence-electron chi connectivity index (χ2n) is 9.54. The first-order valence-corrected chi connectivity index (χ1v) is 13.3. The molecule has 1 fully saturated rings. The fourth-order valence-corrected chi connectivity index (χ4v) is 5.25. The minimum atomic E-state index is -0.800. The predicted molar refractivity (Wildman–Crippen MR) is 151 cm³/mol. The Morgan fingerprint density at radius 2 is 1.85 bits per heavy atom. The lowest BCUT2D eigenvalue weighted by Gasteiger charge is -2.27. The molecule has 5 aromatic rings. The van der Waals surface area contributed by atoms with E-state index in [1.54, 1.807) is 30.5 Å². The molecule has 1 aliphatic heterocycles. The first kappa shape index (κ1) is 24.9. The number of halogens is 1. The maximum absolute atomic E-state index is 14.0. The fraction of sp³-hybridized carbons (Fsp3) is 0.200. The summed E-state index contributed by atoms with van der Waals surface area (Å²) in [4.78, 5) is 41.9. The van der Waals surface area contributed by atoms with E-state index in [0.29, 0.717) is 32.7 Å². The average molecular weight is 540 g/mol. The van der Waals surface area contributed by atoms with Crippen LogP contribution in [0.25, 0.3) is 22.5 Å². The molecule has 0 aliphatic carbocycles. The van der Waals surface area contributed by atoms with Crippen LogP contribution in [0.2, 0.25) is 5.02 Å².